The van der Waals surface area contributed by atoms with E-state index in [1.54, 1.807) is 0 Å². The molecule has 0 unspecified atom stereocenters. The van der Waals surface area contributed by atoms with Crippen molar-refractivity contribution in [2.45, 2.75) is 39.5 Å². The van der Waals surface area contributed by atoms with Crippen LogP contribution in [-0.4, -0.2) is 18.7 Å². The number of hydrogen-bond donors (Lipinski definition) is 0. The van der Waals surface area contributed by atoms with Crippen LogP contribution in [0.5, 0.6) is 0 Å². The summed E-state index contributed by atoms with van der Waals surface area (Å²) in [7, 11) is 0. The zero-order valence-electron chi connectivity index (χ0n) is 7.15. The maximum Gasteiger partial charge on any atom is 0.0466 e. The number of rotatable bonds is 1. The molecule has 0 amide bonds. The first kappa shape index (κ1) is 12.6. The van der Waals surface area contributed by atoms with Gasteiger partial charge in [-0.05, 0) is 12.8 Å². The van der Waals surface area contributed by atoms with E-state index < -0.39 is 0 Å². The predicted molar refractivity (Wildman–Crippen MR) is 44.2 cm³/mol. The van der Waals surface area contributed by atoms with E-state index in [4.69, 9.17) is 4.74 Å². The van der Waals surface area contributed by atoms with Crippen LogP contribution < -0.4 is 0 Å². The van der Waals surface area contributed by atoms with Gasteiger partial charge in [-0.1, -0.05) is 26.7 Å². The normalized spacial score (nSPS) is 15.0. The average molecular weight is 148 g/mol. The highest BCUT2D eigenvalue weighted by molar-refractivity contribution is 4.43. The Kier molecular flexibility index (Phi) is 14.7. The Morgan fingerprint density at radius 2 is 1.40 bits per heavy atom. The maximum atomic E-state index is 4.94. The SMILES string of the molecule is C1CCOC1.CCCC.O. The molecule has 2 heteroatoms. The molecular weight excluding hydrogens is 128 g/mol. The highest BCUT2D eigenvalue weighted by atomic mass is 16.5. The molecule has 64 valence electrons. The third-order valence-electron chi connectivity index (χ3n) is 1.33. The first-order valence-corrected chi connectivity index (χ1v) is 3.99. The molecule has 1 aliphatic rings. The van der Waals surface area contributed by atoms with Crippen molar-refractivity contribution in [2.75, 3.05) is 13.2 Å². The van der Waals surface area contributed by atoms with Gasteiger partial charge in [-0.25, -0.2) is 0 Å². The molecule has 1 heterocycles. The molecular formula is C8H20O2. The molecule has 0 aromatic rings. The Labute approximate surface area is 63.9 Å². The van der Waals surface area contributed by atoms with Gasteiger partial charge in [0.25, 0.3) is 0 Å². The third-order valence-corrected chi connectivity index (χ3v) is 1.33. The van der Waals surface area contributed by atoms with E-state index >= 15 is 0 Å². The van der Waals surface area contributed by atoms with Gasteiger partial charge in [-0.15, -0.1) is 0 Å². The lowest BCUT2D eigenvalue weighted by Crippen LogP contribution is -1.74. The predicted octanol–water partition coefficient (Wildman–Crippen LogP) is 1.78. The van der Waals surface area contributed by atoms with Gasteiger partial charge in [0.05, 0.1) is 0 Å². The number of hydrogen-bond acceptors (Lipinski definition) is 1. The molecule has 2 N–H and O–H groups in total. The highest BCUT2D eigenvalue weighted by Gasteiger charge is 1.94. The molecule has 10 heavy (non-hydrogen) atoms. The van der Waals surface area contributed by atoms with E-state index in [-0.39, 0.29) is 5.48 Å². The smallest absolute Gasteiger partial charge is 0.0466 e. The van der Waals surface area contributed by atoms with Gasteiger partial charge in [0, 0.05) is 13.2 Å². The largest absolute Gasteiger partial charge is 0.412 e. The van der Waals surface area contributed by atoms with Crippen LogP contribution in [0.4, 0.5) is 0 Å². The highest BCUT2D eigenvalue weighted by Crippen LogP contribution is 1.98. The Balaban J connectivity index is 0. The summed E-state index contributed by atoms with van der Waals surface area (Å²) in [6.45, 7) is 6.36. The second kappa shape index (κ2) is 11.7. The quantitative estimate of drug-likeness (QED) is 0.558. The lowest BCUT2D eigenvalue weighted by atomic mass is 10.4. The molecule has 0 spiro atoms. The lowest BCUT2D eigenvalue weighted by molar-refractivity contribution is 0.198. The van der Waals surface area contributed by atoms with Crippen LogP contribution >= 0.6 is 0 Å². The molecule has 0 atom stereocenters. The van der Waals surface area contributed by atoms with Crippen molar-refractivity contribution in [3.63, 3.8) is 0 Å². The van der Waals surface area contributed by atoms with Crippen LogP contribution in [0, 0.1) is 0 Å². The molecule has 0 bridgehead atoms. The first-order valence-electron chi connectivity index (χ1n) is 3.99. The molecule has 1 saturated heterocycles. The summed E-state index contributed by atoms with van der Waals surface area (Å²) in [6.07, 6.45) is 5.19. The van der Waals surface area contributed by atoms with Gasteiger partial charge in [0.15, 0.2) is 0 Å². The zero-order chi connectivity index (χ0) is 6.95. The standard InChI is InChI=1S/C4H8O.C4H10.H2O/c1-2-4-5-3-1;1-3-4-2;/h1-4H2;3-4H2,1-2H3;1H2. The molecule has 1 rings (SSSR count). The van der Waals surface area contributed by atoms with Gasteiger partial charge in [-0.3, -0.25) is 0 Å². The fourth-order valence-corrected chi connectivity index (χ4v) is 0.510. The Hall–Kier alpha value is -0.0800. The molecule has 1 fully saturated rings. The fourth-order valence-electron chi connectivity index (χ4n) is 0.510. The summed E-state index contributed by atoms with van der Waals surface area (Å²) in [5.41, 5.74) is 0. The van der Waals surface area contributed by atoms with Crippen molar-refractivity contribution in [3.05, 3.63) is 0 Å². The average Bonchev–Trinajstić information content (AvgIpc) is 2.43. The van der Waals surface area contributed by atoms with Crippen LogP contribution in [0.3, 0.4) is 0 Å². The van der Waals surface area contributed by atoms with Gasteiger partial charge < -0.3 is 10.2 Å². The number of unbranched alkanes of at least 4 members (excludes halogenated alkanes) is 1. The minimum Gasteiger partial charge on any atom is -0.412 e. The monoisotopic (exact) mass is 148 g/mol. The van der Waals surface area contributed by atoms with Gasteiger partial charge in [-0.2, -0.15) is 0 Å². The molecule has 0 saturated carbocycles. The van der Waals surface area contributed by atoms with Gasteiger partial charge in [0.1, 0.15) is 0 Å². The summed E-state index contributed by atoms with van der Waals surface area (Å²) >= 11 is 0. The van der Waals surface area contributed by atoms with Crippen molar-refractivity contribution in [1.82, 2.24) is 0 Å². The number of ether oxygens (including phenoxy) is 1. The van der Waals surface area contributed by atoms with E-state index in [1.807, 2.05) is 0 Å². The summed E-state index contributed by atoms with van der Waals surface area (Å²) in [4.78, 5) is 0. The molecule has 1 aliphatic heterocycles. The van der Waals surface area contributed by atoms with Crippen molar-refractivity contribution < 1.29 is 10.2 Å². The Morgan fingerprint density at radius 3 is 1.50 bits per heavy atom. The molecule has 2 nitrogen and oxygen atoms in total. The van der Waals surface area contributed by atoms with E-state index in [0.29, 0.717) is 0 Å². The van der Waals surface area contributed by atoms with E-state index in [1.165, 1.54) is 25.7 Å². The lowest BCUT2D eigenvalue weighted by Gasteiger charge is -1.76. The minimum absolute atomic E-state index is 0. The summed E-state index contributed by atoms with van der Waals surface area (Å²) in [5, 5.41) is 0. The zero-order valence-corrected chi connectivity index (χ0v) is 7.15. The first-order chi connectivity index (χ1) is 4.41. The fraction of sp³-hybridized carbons (Fsp3) is 1.00. The molecule has 0 aliphatic carbocycles. The molecule has 0 radical (unpaired) electrons. The third kappa shape index (κ3) is 10.8. The van der Waals surface area contributed by atoms with Crippen LogP contribution in [0.2, 0.25) is 0 Å². The Bertz CT molecular complexity index is 32.9. The van der Waals surface area contributed by atoms with E-state index in [2.05, 4.69) is 13.8 Å². The second-order valence-electron chi connectivity index (χ2n) is 2.32. The van der Waals surface area contributed by atoms with E-state index in [9.17, 15) is 0 Å². The van der Waals surface area contributed by atoms with Gasteiger partial charge >= 0.3 is 0 Å². The van der Waals surface area contributed by atoms with Crippen LogP contribution in [-0.2, 0) is 4.74 Å². The second-order valence-corrected chi connectivity index (χ2v) is 2.32. The Morgan fingerprint density at radius 1 is 1.00 bits per heavy atom. The van der Waals surface area contributed by atoms with Crippen molar-refractivity contribution in [1.29, 1.82) is 0 Å². The van der Waals surface area contributed by atoms with Crippen molar-refractivity contribution in [3.8, 4) is 0 Å². The van der Waals surface area contributed by atoms with Crippen LogP contribution in [0.25, 0.3) is 0 Å². The van der Waals surface area contributed by atoms with Crippen LogP contribution in [0.15, 0.2) is 0 Å². The summed E-state index contributed by atoms with van der Waals surface area (Å²) in [6, 6.07) is 0. The topological polar surface area (TPSA) is 40.7 Å². The van der Waals surface area contributed by atoms with Gasteiger partial charge in [0.2, 0.25) is 0 Å². The van der Waals surface area contributed by atoms with Crippen molar-refractivity contribution in [2.24, 2.45) is 0 Å². The maximum absolute atomic E-state index is 4.94. The van der Waals surface area contributed by atoms with Crippen molar-refractivity contribution >= 4 is 0 Å². The van der Waals surface area contributed by atoms with Crippen LogP contribution in [0.1, 0.15) is 39.5 Å². The summed E-state index contributed by atoms with van der Waals surface area (Å²) < 4.78 is 4.94. The summed E-state index contributed by atoms with van der Waals surface area (Å²) in [5.74, 6) is 0. The molecule has 0 aromatic heterocycles. The van der Waals surface area contributed by atoms with E-state index in [0.717, 1.165) is 13.2 Å². The minimum atomic E-state index is 0. The molecule has 0 aromatic carbocycles.